The Morgan fingerprint density at radius 3 is 2.96 bits per heavy atom. The molecule has 0 aliphatic carbocycles. The van der Waals surface area contributed by atoms with Crippen LogP contribution in [0.2, 0.25) is 0 Å². The summed E-state index contributed by atoms with van der Waals surface area (Å²) in [6.45, 7) is 4.32. The second-order valence-corrected chi connectivity index (χ2v) is 6.01. The maximum atomic E-state index is 12.9. The number of benzene rings is 1. The predicted molar refractivity (Wildman–Crippen MR) is 86.4 cm³/mol. The molecule has 1 aliphatic rings. The zero-order valence-electron chi connectivity index (χ0n) is 13.2. The third-order valence-corrected chi connectivity index (χ3v) is 4.19. The first-order chi connectivity index (χ1) is 11.1. The minimum atomic E-state index is -0.620. The van der Waals surface area contributed by atoms with Crippen molar-refractivity contribution in [3.05, 3.63) is 35.6 Å². The van der Waals surface area contributed by atoms with E-state index in [4.69, 9.17) is 9.52 Å². The molecular weight excluding hydrogens is 296 g/mol. The first kappa shape index (κ1) is 16.0. The van der Waals surface area contributed by atoms with E-state index in [1.807, 2.05) is 30.0 Å². The number of fused-ring (bicyclic) bond motifs is 1. The highest BCUT2D eigenvalue weighted by Gasteiger charge is 2.26. The number of hydrogen-bond donors (Lipinski definition) is 2. The number of carbonyl (C=O) groups is 1. The molecular formula is C17H22N2O4. The van der Waals surface area contributed by atoms with Gasteiger partial charge in [-0.25, -0.2) is 0 Å². The summed E-state index contributed by atoms with van der Waals surface area (Å²) in [4.78, 5) is 16.5. The highest BCUT2D eigenvalue weighted by Crippen LogP contribution is 2.24. The Bertz CT molecular complexity index is 697. The highest BCUT2D eigenvalue weighted by molar-refractivity contribution is 6.05. The number of aryl methyl sites for hydroxylation is 1. The molecule has 3 rings (SSSR count). The Balaban J connectivity index is 1.84. The van der Waals surface area contributed by atoms with Gasteiger partial charge in [-0.1, -0.05) is 12.1 Å². The van der Waals surface area contributed by atoms with Crippen LogP contribution in [0.25, 0.3) is 11.0 Å². The van der Waals surface area contributed by atoms with Crippen LogP contribution >= 0.6 is 0 Å². The summed E-state index contributed by atoms with van der Waals surface area (Å²) in [7, 11) is 0. The molecule has 2 N–H and O–H groups in total. The van der Waals surface area contributed by atoms with Gasteiger partial charge in [0, 0.05) is 38.1 Å². The molecule has 1 atom stereocenters. The van der Waals surface area contributed by atoms with Gasteiger partial charge in [-0.3, -0.25) is 9.69 Å². The number of hydrogen-bond acceptors (Lipinski definition) is 5. The van der Waals surface area contributed by atoms with Gasteiger partial charge in [-0.2, -0.15) is 0 Å². The monoisotopic (exact) mass is 318 g/mol. The third-order valence-electron chi connectivity index (χ3n) is 4.19. The van der Waals surface area contributed by atoms with E-state index >= 15 is 0 Å². The SMILES string of the molecule is Cc1cc2cccc(C(=O)N3CCN(CCO)C[C@H](O)C3)c2o1. The molecule has 0 saturated carbocycles. The van der Waals surface area contributed by atoms with Crippen LogP contribution in [-0.2, 0) is 0 Å². The lowest BCUT2D eigenvalue weighted by Crippen LogP contribution is -2.37. The largest absolute Gasteiger partial charge is 0.461 e. The van der Waals surface area contributed by atoms with Crippen molar-refractivity contribution in [1.29, 1.82) is 0 Å². The summed E-state index contributed by atoms with van der Waals surface area (Å²) in [5.74, 6) is 0.639. The number of aliphatic hydroxyl groups excluding tert-OH is 2. The molecule has 0 unspecified atom stereocenters. The van der Waals surface area contributed by atoms with Gasteiger partial charge >= 0.3 is 0 Å². The Morgan fingerprint density at radius 1 is 1.35 bits per heavy atom. The van der Waals surface area contributed by atoms with Crippen LogP contribution in [-0.4, -0.2) is 71.4 Å². The zero-order chi connectivity index (χ0) is 16.4. The van der Waals surface area contributed by atoms with Crippen molar-refractivity contribution in [2.24, 2.45) is 0 Å². The van der Waals surface area contributed by atoms with Gasteiger partial charge in [0.2, 0.25) is 0 Å². The zero-order valence-corrected chi connectivity index (χ0v) is 13.2. The van der Waals surface area contributed by atoms with Crippen LogP contribution < -0.4 is 0 Å². The third kappa shape index (κ3) is 3.39. The molecule has 23 heavy (non-hydrogen) atoms. The molecule has 0 radical (unpaired) electrons. The number of rotatable bonds is 3. The van der Waals surface area contributed by atoms with Crippen LogP contribution in [0.15, 0.2) is 28.7 Å². The maximum Gasteiger partial charge on any atom is 0.257 e. The molecule has 0 bridgehead atoms. The number of carbonyl (C=O) groups excluding carboxylic acids is 1. The lowest BCUT2D eigenvalue weighted by Gasteiger charge is -2.21. The minimum absolute atomic E-state index is 0.0473. The summed E-state index contributed by atoms with van der Waals surface area (Å²) in [6.07, 6.45) is -0.620. The summed E-state index contributed by atoms with van der Waals surface area (Å²) >= 11 is 0. The maximum absolute atomic E-state index is 12.9. The minimum Gasteiger partial charge on any atom is -0.461 e. The van der Waals surface area contributed by atoms with E-state index in [1.54, 1.807) is 11.0 Å². The molecule has 2 heterocycles. The molecule has 1 saturated heterocycles. The molecule has 0 spiro atoms. The molecule has 2 aromatic rings. The van der Waals surface area contributed by atoms with Crippen LogP contribution in [0.1, 0.15) is 16.1 Å². The van der Waals surface area contributed by atoms with Gasteiger partial charge in [-0.05, 0) is 19.1 Å². The summed E-state index contributed by atoms with van der Waals surface area (Å²) in [5.41, 5.74) is 1.12. The van der Waals surface area contributed by atoms with Gasteiger partial charge in [0.1, 0.15) is 11.3 Å². The van der Waals surface area contributed by atoms with Crippen molar-refractivity contribution < 1.29 is 19.4 Å². The van der Waals surface area contributed by atoms with E-state index in [2.05, 4.69) is 0 Å². The van der Waals surface area contributed by atoms with Gasteiger partial charge < -0.3 is 19.5 Å². The fraction of sp³-hybridized carbons (Fsp3) is 0.471. The lowest BCUT2D eigenvalue weighted by molar-refractivity contribution is 0.0661. The quantitative estimate of drug-likeness (QED) is 0.877. The number of nitrogens with zero attached hydrogens (tertiary/aromatic N) is 2. The van der Waals surface area contributed by atoms with E-state index in [-0.39, 0.29) is 19.1 Å². The van der Waals surface area contributed by atoms with Gasteiger partial charge in [0.25, 0.3) is 5.91 Å². The van der Waals surface area contributed by atoms with E-state index in [0.717, 1.165) is 11.1 Å². The van der Waals surface area contributed by atoms with Crippen molar-refractivity contribution in [2.45, 2.75) is 13.0 Å². The molecule has 6 nitrogen and oxygen atoms in total. The molecule has 1 amide bonds. The Hall–Kier alpha value is -1.89. The Labute approximate surface area is 134 Å². The number of aliphatic hydroxyl groups is 2. The van der Waals surface area contributed by atoms with E-state index in [9.17, 15) is 9.90 Å². The van der Waals surface area contributed by atoms with Gasteiger partial charge in [0.15, 0.2) is 0 Å². The van der Waals surface area contributed by atoms with Gasteiger partial charge in [-0.15, -0.1) is 0 Å². The molecule has 1 aromatic heterocycles. The van der Waals surface area contributed by atoms with Crippen LogP contribution in [0.5, 0.6) is 0 Å². The van der Waals surface area contributed by atoms with E-state index in [1.165, 1.54) is 0 Å². The van der Waals surface area contributed by atoms with Crippen LogP contribution in [0.4, 0.5) is 0 Å². The molecule has 1 aliphatic heterocycles. The second-order valence-electron chi connectivity index (χ2n) is 6.01. The highest BCUT2D eigenvalue weighted by atomic mass is 16.3. The Morgan fingerprint density at radius 2 is 2.17 bits per heavy atom. The average molecular weight is 318 g/mol. The fourth-order valence-corrected chi connectivity index (χ4v) is 3.11. The van der Waals surface area contributed by atoms with E-state index < -0.39 is 6.10 Å². The Kier molecular flexibility index (Phi) is 4.66. The smallest absolute Gasteiger partial charge is 0.257 e. The van der Waals surface area contributed by atoms with Crippen molar-refractivity contribution in [3.8, 4) is 0 Å². The van der Waals surface area contributed by atoms with Gasteiger partial charge in [0.05, 0.1) is 18.3 Å². The number of β-amino-alcohol motifs (C(OH)–C–C–N with tert-alkyl or cyclic N) is 2. The normalized spacial score (nSPS) is 20.0. The van der Waals surface area contributed by atoms with E-state index in [0.29, 0.717) is 37.3 Å². The van der Waals surface area contributed by atoms with Crippen molar-refractivity contribution in [2.75, 3.05) is 39.3 Å². The number of furan rings is 1. The topological polar surface area (TPSA) is 77.2 Å². The molecule has 1 aromatic carbocycles. The lowest BCUT2D eigenvalue weighted by atomic mass is 10.1. The summed E-state index contributed by atoms with van der Waals surface area (Å²) < 4.78 is 5.68. The molecule has 1 fully saturated rings. The predicted octanol–water partition coefficient (Wildman–Crippen LogP) is 0.852. The second kappa shape index (κ2) is 6.70. The average Bonchev–Trinajstić information content (AvgIpc) is 2.80. The van der Waals surface area contributed by atoms with Crippen molar-refractivity contribution >= 4 is 16.9 Å². The first-order valence-corrected chi connectivity index (χ1v) is 7.88. The van der Waals surface area contributed by atoms with Crippen molar-refractivity contribution in [3.63, 3.8) is 0 Å². The van der Waals surface area contributed by atoms with Crippen LogP contribution in [0.3, 0.4) is 0 Å². The number of amides is 1. The number of para-hydroxylation sites is 1. The molecule has 6 heteroatoms. The standard InChI is InChI=1S/C17H22N2O4/c1-12-9-13-3-2-4-15(16(13)23-12)17(22)19-6-5-18(7-8-20)10-14(21)11-19/h2-4,9,14,20-21H,5-8,10-11H2,1H3/t14-/m0/s1. The van der Waals surface area contributed by atoms with Crippen LogP contribution in [0, 0.1) is 6.92 Å². The molecule has 124 valence electrons. The summed E-state index contributed by atoms with van der Waals surface area (Å²) in [6, 6.07) is 7.43. The van der Waals surface area contributed by atoms with Crippen molar-refractivity contribution in [1.82, 2.24) is 9.80 Å². The first-order valence-electron chi connectivity index (χ1n) is 7.88. The fourth-order valence-electron chi connectivity index (χ4n) is 3.11. The summed E-state index contributed by atoms with van der Waals surface area (Å²) in [5, 5.41) is 20.1.